The first kappa shape index (κ1) is 49.6. The average Bonchev–Trinajstić information content (AvgIpc) is 3.10. The molecule has 3 aliphatic rings. The maximum Gasteiger partial charge on any atom is 0.309 e. The molecule has 0 aromatic carbocycles. The predicted molar refractivity (Wildman–Crippen MR) is 210 cm³/mol. The Morgan fingerprint density at radius 1 is 1.02 bits per heavy atom. The van der Waals surface area contributed by atoms with Crippen LogP contribution in [0.5, 0.6) is 0 Å². The SMILES string of the molecule is CO[C@@H]1[C@@H](O[C@@H]2O[C@H](C)[C@@H](O[C@H]3C[C@@](C)(OC(=O)CC(C)C)[C@@H](O)[C@H](C)O3)[C@H](N(C)C)[C@H]2O)[C@@H](CC=O)C[C@@H](C)[C@@H](O)/C=C\C=C\C[C@@H](C)OC(=O)C[C@H]1OC(C)=O. The van der Waals surface area contributed by atoms with Crippen molar-refractivity contribution < 1.29 is 72.4 Å². The van der Waals surface area contributed by atoms with Crippen LogP contribution in [0.2, 0.25) is 0 Å². The summed E-state index contributed by atoms with van der Waals surface area (Å²) in [4.78, 5) is 52.5. The third-order valence-electron chi connectivity index (χ3n) is 11.0. The van der Waals surface area contributed by atoms with Crippen LogP contribution in [0, 0.1) is 17.8 Å². The van der Waals surface area contributed by atoms with Gasteiger partial charge in [-0.25, -0.2) is 0 Å². The Kier molecular flexibility index (Phi) is 19.4. The molecular formula is C42H69NO15. The fourth-order valence-corrected chi connectivity index (χ4v) is 8.06. The first-order valence-electron chi connectivity index (χ1n) is 20.4. The van der Waals surface area contributed by atoms with E-state index in [1.165, 1.54) is 14.0 Å². The average molecular weight is 828 g/mol. The van der Waals surface area contributed by atoms with Crippen LogP contribution in [0.1, 0.15) is 93.9 Å². The Labute approximate surface area is 343 Å². The van der Waals surface area contributed by atoms with Crippen molar-refractivity contribution in [3.8, 4) is 0 Å². The standard InChI is InChI=1S/C42H69NO15/c1-23(2)19-33(48)58-42(8)22-34(53-27(6)40(42)50)56-37-26(5)54-41(36(49)35(37)43(9)10)57-38-29(17-18-44)20-24(3)30(46)16-14-12-13-15-25(4)52-32(47)21-31(39(38)51-11)55-28(7)45/h12-14,16,18,23-27,29-31,34-41,46,49-50H,15,17,19-22H2,1-11H3/b13-12+,16-14-/t24-,25-,26-,27+,29+,30+,31-,34+,35-,36-,37-,38+,39+,40+,41+,42-/m1/s1. The van der Waals surface area contributed by atoms with Crippen LogP contribution in [0.3, 0.4) is 0 Å². The van der Waals surface area contributed by atoms with E-state index in [-0.39, 0.29) is 31.6 Å². The molecule has 16 nitrogen and oxygen atoms in total. The van der Waals surface area contributed by atoms with Gasteiger partial charge in [-0.15, -0.1) is 0 Å². The van der Waals surface area contributed by atoms with Gasteiger partial charge in [-0.2, -0.15) is 0 Å². The smallest absolute Gasteiger partial charge is 0.309 e. The van der Waals surface area contributed by atoms with E-state index < -0.39 is 121 Å². The third-order valence-corrected chi connectivity index (χ3v) is 11.0. The highest BCUT2D eigenvalue weighted by atomic mass is 16.7. The van der Waals surface area contributed by atoms with E-state index in [9.17, 15) is 34.5 Å². The number of cyclic esters (lactones) is 1. The molecule has 3 N–H and O–H groups in total. The number of carbonyl (C=O) groups is 4. The van der Waals surface area contributed by atoms with Gasteiger partial charge in [0.15, 0.2) is 12.6 Å². The highest BCUT2D eigenvalue weighted by Crippen LogP contribution is 2.38. The number of aliphatic hydroxyl groups is 3. The molecule has 3 rings (SSSR count). The molecule has 0 bridgehead atoms. The topological polar surface area (TPSA) is 206 Å². The van der Waals surface area contributed by atoms with E-state index in [1.807, 2.05) is 20.8 Å². The number of aldehydes is 1. The van der Waals surface area contributed by atoms with E-state index in [4.69, 9.17) is 37.9 Å². The summed E-state index contributed by atoms with van der Waals surface area (Å²) < 4.78 is 48.7. The van der Waals surface area contributed by atoms with Crippen LogP contribution >= 0.6 is 0 Å². The van der Waals surface area contributed by atoms with E-state index in [0.717, 1.165) is 0 Å². The number of nitrogens with zero attached hydrogens (tertiary/aromatic N) is 1. The van der Waals surface area contributed by atoms with Gasteiger partial charge >= 0.3 is 17.9 Å². The molecule has 2 fully saturated rings. The first-order valence-corrected chi connectivity index (χ1v) is 20.4. The Morgan fingerprint density at radius 3 is 2.31 bits per heavy atom. The predicted octanol–water partition coefficient (Wildman–Crippen LogP) is 3.01. The zero-order valence-corrected chi connectivity index (χ0v) is 36.1. The summed E-state index contributed by atoms with van der Waals surface area (Å²) >= 11 is 0. The van der Waals surface area contributed by atoms with Crippen molar-refractivity contribution >= 4 is 24.2 Å². The van der Waals surface area contributed by atoms with Crippen molar-refractivity contribution in [1.29, 1.82) is 0 Å². The number of allylic oxidation sites excluding steroid dienone is 2. The second kappa shape index (κ2) is 22.7. The molecule has 16 heteroatoms. The number of hydrogen-bond acceptors (Lipinski definition) is 16. The number of rotatable bonds is 12. The molecule has 0 aromatic rings. The number of hydrogen-bond donors (Lipinski definition) is 3. The second-order valence-corrected chi connectivity index (χ2v) is 16.9. The molecule has 3 aliphatic heterocycles. The summed E-state index contributed by atoms with van der Waals surface area (Å²) in [6.07, 6.45) is -4.33. The van der Waals surface area contributed by atoms with Gasteiger partial charge in [0.2, 0.25) is 0 Å². The second-order valence-electron chi connectivity index (χ2n) is 16.9. The van der Waals surface area contributed by atoms with Crippen molar-refractivity contribution in [2.45, 2.75) is 179 Å². The lowest BCUT2D eigenvalue weighted by Gasteiger charge is -2.50. The largest absolute Gasteiger partial charge is 0.462 e. The van der Waals surface area contributed by atoms with Crippen LogP contribution in [0.15, 0.2) is 24.3 Å². The van der Waals surface area contributed by atoms with E-state index in [1.54, 1.807) is 71.0 Å². The highest BCUT2D eigenvalue weighted by molar-refractivity contribution is 5.72. The summed E-state index contributed by atoms with van der Waals surface area (Å²) in [6, 6.07) is -0.786. The van der Waals surface area contributed by atoms with Gasteiger partial charge in [0, 0.05) is 39.7 Å². The monoisotopic (exact) mass is 827 g/mol. The molecule has 0 aromatic heterocycles. The maximum absolute atomic E-state index is 13.3. The summed E-state index contributed by atoms with van der Waals surface area (Å²) in [5.74, 6) is -2.86. The molecule has 332 valence electrons. The van der Waals surface area contributed by atoms with Crippen molar-refractivity contribution in [1.82, 2.24) is 4.90 Å². The molecule has 58 heavy (non-hydrogen) atoms. The van der Waals surface area contributed by atoms with Gasteiger partial charge in [0.05, 0.1) is 36.9 Å². The zero-order valence-electron chi connectivity index (χ0n) is 36.1. The van der Waals surface area contributed by atoms with Crippen molar-refractivity contribution in [2.75, 3.05) is 21.2 Å². The number of aliphatic hydroxyl groups excluding tert-OH is 3. The van der Waals surface area contributed by atoms with Crippen LogP contribution < -0.4 is 0 Å². The first-order chi connectivity index (χ1) is 27.2. The third kappa shape index (κ3) is 13.9. The number of ether oxygens (including phenoxy) is 8. The Morgan fingerprint density at radius 2 is 1.71 bits per heavy atom. The van der Waals surface area contributed by atoms with Gasteiger partial charge in [-0.05, 0) is 66.0 Å². The molecule has 0 radical (unpaired) electrons. The highest BCUT2D eigenvalue weighted by Gasteiger charge is 2.53. The van der Waals surface area contributed by atoms with Gasteiger partial charge in [0.25, 0.3) is 0 Å². The summed E-state index contributed by atoms with van der Waals surface area (Å²) in [6.45, 7) is 13.6. The summed E-state index contributed by atoms with van der Waals surface area (Å²) in [5.41, 5.74) is -1.32. The van der Waals surface area contributed by atoms with Crippen molar-refractivity contribution in [3.05, 3.63) is 24.3 Å². The number of methoxy groups -OCH3 is 1. The van der Waals surface area contributed by atoms with Crippen molar-refractivity contribution in [3.63, 3.8) is 0 Å². The van der Waals surface area contributed by atoms with Gasteiger partial charge in [0.1, 0.15) is 48.5 Å². The Balaban J connectivity index is 2.01. The normalized spacial score (nSPS) is 40.7. The Bertz CT molecular complexity index is 1390. The van der Waals surface area contributed by atoms with Gasteiger partial charge in [-0.3, -0.25) is 14.4 Å². The lowest BCUT2D eigenvalue weighted by atomic mass is 9.82. The zero-order chi connectivity index (χ0) is 43.5. The molecular weight excluding hydrogens is 758 g/mol. The summed E-state index contributed by atoms with van der Waals surface area (Å²) in [5, 5.41) is 34.2. The van der Waals surface area contributed by atoms with E-state index >= 15 is 0 Å². The molecule has 0 spiro atoms. The molecule has 0 amide bonds. The maximum atomic E-state index is 13.3. The van der Waals surface area contributed by atoms with Crippen LogP contribution in [-0.2, 0) is 57.1 Å². The summed E-state index contributed by atoms with van der Waals surface area (Å²) in [7, 11) is 4.86. The molecule has 0 unspecified atom stereocenters. The minimum atomic E-state index is -1.40. The number of esters is 3. The minimum Gasteiger partial charge on any atom is -0.462 e. The molecule has 2 saturated heterocycles. The van der Waals surface area contributed by atoms with E-state index in [0.29, 0.717) is 12.7 Å². The van der Waals surface area contributed by atoms with Crippen molar-refractivity contribution in [2.24, 2.45) is 17.8 Å². The molecule has 3 heterocycles. The number of carbonyl (C=O) groups excluding carboxylic acids is 4. The van der Waals surface area contributed by atoms with Crippen LogP contribution in [-0.4, -0.2) is 151 Å². The van der Waals surface area contributed by atoms with Gasteiger partial charge in [-0.1, -0.05) is 45.1 Å². The lowest BCUT2D eigenvalue weighted by molar-refractivity contribution is -0.344. The van der Waals surface area contributed by atoms with Gasteiger partial charge < -0.3 is 62.9 Å². The quantitative estimate of drug-likeness (QED) is 0.147. The molecule has 0 saturated carbocycles. The van der Waals surface area contributed by atoms with E-state index in [2.05, 4.69) is 0 Å². The fraction of sp³-hybridized carbons (Fsp3) is 0.810. The minimum absolute atomic E-state index is 0.000956. The number of likely N-dealkylation sites (N-methyl/N-ethyl adjacent to an activating group) is 1. The molecule has 16 atom stereocenters. The fourth-order valence-electron chi connectivity index (χ4n) is 8.06. The lowest BCUT2D eigenvalue weighted by Crippen LogP contribution is -2.66. The van der Waals surface area contributed by atoms with Crippen LogP contribution in [0.25, 0.3) is 0 Å². The Hall–Kier alpha value is -2.80. The molecule has 0 aliphatic carbocycles. The van der Waals surface area contributed by atoms with Crippen LogP contribution in [0.4, 0.5) is 0 Å².